The van der Waals surface area contributed by atoms with Gasteiger partial charge in [-0.15, -0.1) is 8.78 Å². The number of benzene rings is 3. The predicted molar refractivity (Wildman–Crippen MR) is 118 cm³/mol. The van der Waals surface area contributed by atoms with E-state index >= 15 is 0 Å². The topological polar surface area (TPSA) is 44.8 Å². The number of halogens is 2. The van der Waals surface area contributed by atoms with Crippen molar-refractivity contribution < 1.29 is 27.6 Å². The van der Waals surface area contributed by atoms with Crippen LogP contribution in [-0.4, -0.2) is 13.4 Å². The zero-order chi connectivity index (χ0) is 22.6. The lowest BCUT2D eigenvalue weighted by Gasteiger charge is -2.23. The summed E-state index contributed by atoms with van der Waals surface area (Å²) in [6.45, 7) is 7.73. The van der Waals surface area contributed by atoms with Crippen LogP contribution in [0.2, 0.25) is 0 Å². The number of aryl methyl sites for hydroxylation is 4. The van der Waals surface area contributed by atoms with E-state index in [2.05, 4.69) is 9.47 Å². The Morgan fingerprint density at radius 3 is 1.65 bits per heavy atom. The highest BCUT2D eigenvalue weighted by molar-refractivity contribution is 7.85. The van der Waals surface area contributed by atoms with Gasteiger partial charge >= 0.3 is 6.29 Å². The Balaban J connectivity index is 2.04. The lowest BCUT2D eigenvalue weighted by Crippen LogP contribution is -2.27. The molecule has 1 heterocycles. The van der Waals surface area contributed by atoms with Gasteiger partial charge in [-0.05, 0) is 64.1 Å². The van der Waals surface area contributed by atoms with Crippen molar-refractivity contribution >= 4 is 23.1 Å². The number of methoxy groups -OCH3 is 1. The molecule has 0 aliphatic carbocycles. The van der Waals surface area contributed by atoms with Crippen LogP contribution in [0.5, 0.6) is 17.2 Å². The van der Waals surface area contributed by atoms with Crippen molar-refractivity contribution in [3.05, 3.63) is 70.8 Å². The smallest absolute Gasteiger partial charge is 0.493 e. The number of alkyl halides is 2. The van der Waals surface area contributed by atoms with Gasteiger partial charge in [-0.2, -0.15) is 0 Å². The van der Waals surface area contributed by atoms with Gasteiger partial charge < -0.3 is 18.8 Å². The van der Waals surface area contributed by atoms with Gasteiger partial charge in [0.1, 0.15) is 0 Å². The molecular formula is C24H23F2O4P. The Morgan fingerprint density at radius 2 is 1.19 bits per heavy atom. The standard InChI is InChI=1S/C24H23F2O4P/c1-14-6-15(2)9-18(8-14)31(27,19-10-16(3)7-17(4)11-19)20-12-21(28-5)23-22(13-20)29-24(25,26)30-23/h6-13H,1-5H3. The average molecular weight is 444 g/mol. The second-order valence-corrected chi connectivity index (χ2v) is 10.7. The summed E-state index contributed by atoms with van der Waals surface area (Å²) >= 11 is 0. The minimum Gasteiger partial charge on any atom is -0.493 e. The molecule has 7 heteroatoms. The Hall–Kier alpha value is -2.85. The van der Waals surface area contributed by atoms with Crippen LogP contribution in [0, 0.1) is 27.7 Å². The Bertz CT molecular complexity index is 1140. The predicted octanol–water partition coefficient (Wildman–Crippen LogP) is 4.89. The first-order chi connectivity index (χ1) is 14.5. The number of hydrogen-bond donors (Lipinski definition) is 0. The Kier molecular flexibility index (Phi) is 5.09. The summed E-state index contributed by atoms with van der Waals surface area (Å²) in [5, 5.41) is 1.56. The third kappa shape index (κ3) is 3.81. The lowest BCUT2D eigenvalue weighted by atomic mass is 10.2. The zero-order valence-electron chi connectivity index (χ0n) is 18.0. The first-order valence-corrected chi connectivity index (χ1v) is 11.5. The van der Waals surface area contributed by atoms with Crippen molar-refractivity contribution in [3.63, 3.8) is 0 Å². The molecule has 0 atom stereocenters. The van der Waals surface area contributed by atoms with Crippen molar-refractivity contribution in [2.24, 2.45) is 0 Å². The van der Waals surface area contributed by atoms with E-state index in [9.17, 15) is 13.3 Å². The van der Waals surface area contributed by atoms with Crippen molar-refractivity contribution in [2.45, 2.75) is 34.0 Å². The van der Waals surface area contributed by atoms with Crippen LogP contribution in [0.1, 0.15) is 22.3 Å². The molecule has 0 saturated heterocycles. The highest BCUT2D eigenvalue weighted by Crippen LogP contribution is 2.51. The monoisotopic (exact) mass is 444 g/mol. The first-order valence-electron chi connectivity index (χ1n) is 9.78. The number of hydrogen-bond acceptors (Lipinski definition) is 4. The van der Waals surface area contributed by atoms with Gasteiger partial charge in [0, 0.05) is 15.9 Å². The molecule has 0 bridgehead atoms. The summed E-state index contributed by atoms with van der Waals surface area (Å²) in [6, 6.07) is 14.4. The van der Waals surface area contributed by atoms with E-state index in [0.717, 1.165) is 22.3 Å². The molecule has 0 unspecified atom stereocenters. The maximum absolute atomic E-state index is 14.9. The molecule has 0 spiro atoms. The fourth-order valence-corrected chi connectivity index (χ4v) is 7.09. The number of ether oxygens (including phenoxy) is 3. The summed E-state index contributed by atoms with van der Waals surface area (Å²) in [5.41, 5.74) is 3.83. The summed E-state index contributed by atoms with van der Waals surface area (Å²) in [6.07, 6.45) is -3.81. The molecular weight excluding hydrogens is 421 g/mol. The van der Waals surface area contributed by atoms with Crippen LogP contribution in [0.25, 0.3) is 0 Å². The maximum Gasteiger partial charge on any atom is 0.586 e. The molecule has 0 radical (unpaired) electrons. The minimum atomic E-state index is -3.81. The Labute approximate surface area is 180 Å². The van der Waals surface area contributed by atoms with Crippen LogP contribution in [-0.2, 0) is 4.57 Å². The fraction of sp³-hybridized carbons (Fsp3) is 0.250. The minimum absolute atomic E-state index is 0.0404. The summed E-state index contributed by atoms with van der Waals surface area (Å²) in [5.74, 6) is -0.365. The molecule has 162 valence electrons. The fourth-order valence-electron chi connectivity index (χ4n) is 4.05. The highest BCUT2D eigenvalue weighted by atomic mass is 31.2. The second-order valence-electron chi connectivity index (χ2n) is 7.94. The van der Waals surface area contributed by atoms with Crippen LogP contribution < -0.4 is 30.1 Å². The third-order valence-corrected chi connectivity index (χ3v) is 8.14. The van der Waals surface area contributed by atoms with E-state index in [1.807, 2.05) is 64.1 Å². The molecule has 3 aromatic rings. The van der Waals surface area contributed by atoms with Crippen molar-refractivity contribution in [2.75, 3.05) is 7.11 Å². The molecule has 3 aromatic carbocycles. The van der Waals surface area contributed by atoms with E-state index < -0.39 is 13.4 Å². The molecule has 1 aliphatic rings. The van der Waals surface area contributed by atoms with E-state index in [0.29, 0.717) is 15.9 Å². The van der Waals surface area contributed by atoms with E-state index in [4.69, 9.17) is 4.74 Å². The lowest BCUT2D eigenvalue weighted by molar-refractivity contribution is -0.287. The highest BCUT2D eigenvalue weighted by Gasteiger charge is 2.46. The Morgan fingerprint density at radius 1 is 0.742 bits per heavy atom. The van der Waals surface area contributed by atoms with Crippen molar-refractivity contribution in [1.82, 2.24) is 0 Å². The van der Waals surface area contributed by atoms with Crippen LogP contribution in [0.15, 0.2) is 48.5 Å². The molecule has 0 amide bonds. The summed E-state index contributed by atoms with van der Waals surface area (Å²) in [4.78, 5) is 0. The first kappa shape index (κ1) is 21.4. The van der Waals surface area contributed by atoms with Gasteiger partial charge in [0.15, 0.2) is 18.6 Å². The normalized spacial score (nSPS) is 14.5. The molecule has 1 aliphatic heterocycles. The summed E-state index contributed by atoms with van der Waals surface area (Å²) in [7, 11) is -2.11. The van der Waals surface area contributed by atoms with Gasteiger partial charge in [-0.3, -0.25) is 0 Å². The van der Waals surface area contributed by atoms with Crippen LogP contribution in [0.3, 0.4) is 0 Å². The van der Waals surface area contributed by atoms with E-state index in [1.54, 1.807) is 0 Å². The van der Waals surface area contributed by atoms with Gasteiger partial charge in [-0.1, -0.05) is 34.4 Å². The van der Waals surface area contributed by atoms with Gasteiger partial charge in [0.2, 0.25) is 5.75 Å². The van der Waals surface area contributed by atoms with Crippen molar-refractivity contribution in [3.8, 4) is 17.2 Å². The van der Waals surface area contributed by atoms with Gasteiger partial charge in [0.05, 0.1) is 7.11 Å². The second kappa shape index (κ2) is 7.38. The molecule has 0 saturated carbocycles. The van der Waals surface area contributed by atoms with Crippen LogP contribution >= 0.6 is 7.14 Å². The third-order valence-electron chi connectivity index (χ3n) is 5.18. The molecule has 4 rings (SSSR count). The number of rotatable bonds is 4. The average Bonchev–Trinajstić information content (AvgIpc) is 2.98. The van der Waals surface area contributed by atoms with Gasteiger partial charge in [0.25, 0.3) is 0 Å². The van der Waals surface area contributed by atoms with E-state index in [1.165, 1.54) is 19.2 Å². The zero-order valence-corrected chi connectivity index (χ0v) is 18.8. The van der Waals surface area contributed by atoms with Crippen molar-refractivity contribution in [1.29, 1.82) is 0 Å². The maximum atomic E-state index is 14.9. The molecule has 4 nitrogen and oxygen atoms in total. The van der Waals surface area contributed by atoms with E-state index in [-0.39, 0.29) is 17.2 Å². The van der Waals surface area contributed by atoms with Crippen LogP contribution in [0.4, 0.5) is 8.78 Å². The number of fused-ring (bicyclic) bond motifs is 1. The quantitative estimate of drug-likeness (QED) is 0.538. The largest absolute Gasteiger partial charge is 0.586 e. The molecule has 0 aromatic heterocycles. The van der Waals surface area contributed by atoms with Gasteiger partial charge in [-0.25, -0.2) is 0 Å². The summed E-state index contributed by atoms with van der Waals surface area (Å²) < 4.78 is 57.0. The molecule has 0 N–H and O–H groups in total. The molecule has 0 fully saturated rings. The SMILES string of the molecule is COc1cc(P(=O)(c2cc(C)cc(C)c2)c2cc(C)cc(C)c2)cc2c1OC(F)(F)O2. The molecule has 31 heavy (non-hydrogen) atoms.